The first-order chi connectivity index (χ1) is 14.8. The second-order valence-corrected chi connectivity index (χ2v) is 9.36. The Bertz CT molecular complexity index is 1040. The Morgan fingerprint density at radius 3 is 2.50 bits per heavy atom. The second-order valence-electron chi connectivity index (χ2n) is 8.40. The van der Waals surface area contributed by atoms with Crippen molar-refractivity contribution in [3.05, 3.63) is 54.6 Å². The third-order valence-corrected chi connectivity index (χ3v) is 7.56. The Balaban J connectivity index is 1.36. The zero-order valence-electron chi connectivity index (χ0n) is 17.2. The van der Waals surface area contributed by atoms with E-state index in [-0.39, 0.29) is 5.91 Å². The molecule has 0 unspecified atom stereocenters. The Hall–Kier alpha value is -2.40. The number of nitrogens with zero attached hydrogens (tertiary/aromatic N) is 3. The summed E-state index contributed by atoms with van der Waals surface area (Å²) in [4.78, 5) is 15.3. The van der Waals surface area contributed by atoms with Crippen LogP contribution in [0.1, 0.15) is 38.5 Å². The zero-order valence-corrected chi connectivity index (χ0v) is 18.0. The van der Waals surface area contributed by atoms with Crippen LogP contribution in [0.15, 0.2) is 59.6 Å². The largest absolute Gasteiger partial charge is 0.339 e. The van der Waals surface area contributed by atoms with Gasteiger partial charge >= 0.3 is 0 Å². The number of benzene rings is 2. The number of rotatable bonds is 4. The first-order valence-corrected chi connectivity index (χ1v) is 12.0. The van der Waals surface area contributed by atoms with Crippen molar-refractivity contribution < 1.29 is 4.79 Å². The van der Waals surface area contributed by atoms with Crippen molar-refractivity contribution in [2.24, 2.45) is 5.92 Å². The van der Waals surface area contributed by atoms with Crippen molar-refractivity contribution in [2.75, 3.05) is 12.3 Å². The third-order valence-electron chi connectivity index (χ3n) is 6.60. The average molecular weight is 418 g/mol. The van der Waals surface area contributed by atoms with E-state index in [4.69, 9.17) is 0 Å². The summed E-state index contributed by atoms with van der Waals surface area (Å²) in [6.07, 6.45) is 7.49. The molecule has 1 saturated heterocycles. The molecule has 1 aliphatic carbocycles. The lowest BCUT2D eigenvalue weighted by atomic mass is 9.78. The molecule has 30 heavy (non-hydrogen) atoms. The van der Waals surface area contributed by atoms with Crippen LogP contribution in [0.5, 0.6) is 0 Å². The topological polar surface area (TPSA) is 46.1 Å². The van der Waals surface area contributed by atoms with Gasteiger partial charge in [-0.15, -0.1) is 10.2 Å². The van der Waals surface area contributed by atoms with Crippen LogP contribution in [0.2, 0.25) is 0 Å². The number of fused-ring (bicyclic) bond motifs is 2. The Morgan fingerprint density at radius 1 is 0.900 bits per heavy atom. The maximum absolute atomic E-state index is 13.1. The molecular formula is C25H27N3OS. The van der Waals surface area contributed by atoms with E-state index in [2.05, 4.69) is 39.4 Å². The molecule has 1 aromatic heterocycles. The van der Waals surface area contributed by atoms with Gasteiger partial charge in [0.05, 0.1) is 5.75 Å². The molecule has 2 aromatic carbocycles. The number of piperidine rings is 1. The molecule has 0 N–H and O–H groups in total. The van der Waals surface area contributed by atoms with Gasteiger partial charge in [0.1, 0.15) is 10.7 Å². The van der Waals surface area contributed by atoms with Gasteiger partial charge in [0.15, 0.2) is 0 Å². The first-order valence-electron chi connectivity index (χ1n) is 11.0. The zero-order chi connectivity index (χ0) is 20.3. The van der Waals surface area contributed by atoms with Gasteiger partial charge in [-0.05, 0) is 31.6 Å². The lowest BCUT2D eigenvalue weighted by Crippen LogP contribution is -2.50. The molecule has 5 heteroatoms. The number of carbonyl (C=O) groups is 1. The van der Waals surface area contributed by atoms with E-state index in [1.165, 1.54) is 43.9 Å². The molecule has 2 atom stereocenters. The number of hydrogen-bond donors (Lipinski definition) is 0. The molecule has 2 aliphatic rings. The highest BCUT2D eigenvalue weighted by Gasteiger charge is 2.35. The summed E-state index contributed by atoms with van der Waals surface area (Å²) in [5.74, 6) is 1.41. The number of hydrogen-bond acceptors (Lipinski definition) is 4. The van der Waals surface area contributed by atoms with Crippen LogP contribution in [0.3, 0.4) is 0 Å². The first kappa shape index (κ1) is 19.6. The molecule has 5 rings (SSSR count). The van der Waals surface area contributed by atoms with Crippen LogP contribution in [0, 0.1) is 5.92 Å². The molecule has 0 spiro atoms. The summed E-state index contributed by atoms with van der Waals surface area (Å²) in [6, 6.07) is 18.9. The average Bonchev–Trinajstić information content (AvgIpc) is 2.82. The van der Waals surface area contributed by atoms with Crippen molar-refractivity contribution in [2.45, 2.75) is 49.6 Å². The Morgan fingerprint density at radius 2 is 1.63 bits per heavy atom. The molecule has 2 fully saturated rings. The predicted molar refractivity (Wildman–Crippen MR) is 122 cm³/mol. The van der Waals surface area contributed by atoms with Gasteiger partial charge in [0, 0.05) is 28.9 Å². The van der Waals surface area contributed by atoms with E-state index < -0.39 is 0 Å². The van der Waals surface area contributed by atoms with Gasteiger partial charge in [-0.25, -0.2) is 0 Å². The van der Waals surface area contributed by atoms with E-state index in [1.807, 2.05) is 30.3 Å². The number of amides is 1. The number of likely N-dealkylation sites (tertiary alicyclic amines) is 1. The Labute approximate surface area is 182 Å². The second kappa shape index (κ2) is 8.76. The number of aromatic nitrogens is 2. The minimum Gasteiger partial charge on any atom is -0.339 e. The predicted octanol–water partition coefficient (Wildman–Crippen LogP) is 5.57. The van der Waals surface area contributed by atoms with E-state index >= 15 is 0 Å². The van der Waals surface area contributed by atoms with Crippen LogP contribution in [0.4, 0.5) is 0 Å². The highest BCUT2D eigenvalue weighted by molar-refractivity contribution is 8.00. The van der Waals surface area contributed by atoms with E-state index in [1.54, 1.807) is 0 Å². The summed E-state index contributed by atoms with van der Waals surface area (Å²) < 4.78 is 0. The molecule has 4 nitrogen and oxygen atoms in total. The quantitative estimate of drug-likeness (QED) is 0.521. The summed E-state index contributed by atoms with van der Waals surface area (Å²) in [5.41, 5.74) is 1.95. The molecule has 1 aliphatic heterocycles. The van der Waals surface area contributed by atoms with E-state index in [0.29, 0.717) is 17.7 Å². The van der Waals surface area contributed by atoms with Gasteiger partial charge in [-0.1, -0.05) is 79.2 Å². The molecule has 1 amide bonds. The van der Waals surface area contributed by atoms with Crippen molar-refractivity contribution in [1.82, 2.24) is 15.1 Å². The number of carbonyl (C=O) groups excluding carboxylic acids is 1. The molecule has 3 aromatic rings. The van der Waals surface area contributed by atoms with Crippen molar-refractivity contribution in [1.29, 1.82) is 0 Å². The molecule has 154 valence electrons. The highest BCUT2D eigenvalue weighted by atomic mass is 32.2. The summed E-state index contributed by atoms with van der Waals surface area (Å²) in [6.45, 7) is 0.917. The maximum atomic E-state index is 13.1. The third kappa shape index (κ3) is 3.83. The SMILES string of the molecule is O=C(CSc1nnc(-c2ccccc2)c2ccccc12)N1CCC[C@@H]2CCCC[C@@H]21. The van der Waals surface area contributed by atoms with Gasteiger partial charge < -0.3 is 4.90 Å². The van der Waals surface area contributed by atoms with Crippen LogP contribution < -0.4 is 0 Å². The minimum atomic E-state index is 0.259. The summed E-state index contributed by atoms with van der Waals surface area (Å²) in [5, 5.41) is 12.1. The molecule has 0 bridgehead atoms. The summed E-state index contributed by atoms with van der Waals surface area (Å²) in [7, 11) is 0. The van der Waals surface area contributed by atoms with Crippen molar-refractivity contribution in [3.63, 3.8) is 0 Å². The van der Waals surface area contributed by atoms with Gasteiger partial charge in [-0.2, -0.15) is 0 Å². The fourth-order valence-electron chi connectivity index (χ4n) is 5.14. The highest BCUT2D eigenvalue weighted by Crippen LogP contribution is 2.36. The van der Waals surface area contributed by atoms with Crippen LogP contribution in [-0.4, -0.2) is 39.3 Å². The van der Waals surface area contributed by atoms with Gasteiger partial charge in [0.2, 0.25) is 5.91 Å². The normalized spacial score (nSPS) is 21.4. The standard InChI is InChI=1S/C25H27N3OS/c29-23(28-16-8-12-18-9-4-7-15-22(18)28)17-30-25-21-14-6-5-13-20(21)24(26-27-25)19-10-2-1-3-11-19/h1-3,5-6,10-11,13-14,18,22H,4,7-9,12,15-17H2/t18-,22-/m0/s1. The Kier molecular flexibility index (Phi) is 5.71. The van der Waals surface area contributed by atoms with Gasteiger partial charge in [-0.3, -0.25) is 4.79 Å². The maximum Gasteiger partial charge on any atom is 0.233 e. The fraction of sp³-hybridized carbons (Fsp3) is 0.400. The smallest absolute Gasteiger partial charge is 0.233 e. The molecule has 2 heterocycles. The monoisotopic (exact) mass is 417 g/mol. The van der Waals surface area contributed by atoms with E-state index in [9.17, 15) is 4.79 Å². The molecular weight excluding hydrogens is 390 g/mol. The van der Waals surface area contributed by atoms with Crippen LogP contribution >= 0.6 is 11.8 Å². The lowest BCUT2D eigenvalue weighted by molar-refractivity contribution is -0.134. The van der Waals surface area contributed by atoms with Crippen molar-refractivity contribution >= 4 is 28.4 Å². The van der Waals surface area contributed by atoms with Gasteiger partial charge in [0.25, 0.3) is 0 Å². The number of thioether (sulfide) groups is 1. The van der Waals surface area contributed by atoms with Crippen LogP contribution in [-0.2, 0) is 4.79 Å². The van der Waals surface area contributed by atoms with Crippen molar-refractivity contribution in [3.8, 4) is 11.3 Å². The fourth-order valence-corrected chi connectivity index (χ4v) is 6.00. The molecule has 1 saturated carbocycles. The van der Waals surface area contributed by atoms with Crippen LogP contribution in [0.25, 0.3) is 22.0 Å². The molecule has 0 radical (unpaired) electrons. The summed E-state index contributed by atoms with van der Waals surface area (Å²) >= 11 is 1.53. The van der Waals surface area contributed by atoms with E-state index in [0.717, 1.165) is 40.0 Å². The minimum absolute atomic E-state index is 0.259. The lowest BCUT2D eigenvalue weighted by Gasteiger charge is -2.44.